The highest BCUT2D eigenvalue weighted by Crippen LogP contribution is 2.26. The standard InChI is InChI=1S/C18H18N4O3S2/c1-2-15(23)19-17-20-21-18(26-17)27(24,25)22-16(13-9-5-3-6-10-13)14-11-7-4-8-12-14/h3-12,16,22H,2H2,1H3,(H,19,20,23). The fourth-order valence-corrected chi connectivity index (χ4v) is 4.55. The number of carbonyl (C=O) groups is 1. The van der Waals surface area contributed by atoms with E-state index in [1.54, 1.807) is 6.92 Å². The van der Waals surface area contributed by atoms with Gasteiger partial charge in [-0.1, -0.05) is 78.9 Å². The minimum atomic E-state index is -3.93. The first-order chi connectivity index (χ1) is 13.0. The van der Waals surface area contributed by atoms with Gasteiger partial charge in [-0.05, 0) is 11.1 Å². The summed E-state index contributed by atoms with van der Waals surface area (Å²) in [6.45, 7) is 1.69. The molecule has 1 aromatic heterocycles. The Labute approximate surface area is 161 Å². The van der Waals surface area contributed by atoms with Crippen LogP contribution in [-0.4, -0.2) is 24.5 Å². The molecule has 140 valence electrons. The Kier molecular flexibility index (Phi) is 5.94. The van der Waals surface area contributed by atoms with Crippen molar-refractivity contribution >= 4 is 32.4 Å². The average Bonchev–Trinajstić information content (AvgIpc) is 3.17. The molecule has 0 bridgehead atoms. The largest absolute Gasteiger partial charge is 0.301 e. The molecule has 2 N–H and O–H groups in total. The van der Waals surface area contributed by atoms with E-state index in [0.717, 1.165) is 22.5 Å². The Hall–Kier alpha value is -2.62. The molecule has 3 aromatic rings. The maximum Gasteiger partial charge on any atom is 0.270 e. The average molecular weight is 403 g/mol. The molecular formula is C18H18N4O3S2. The molecule has 3 rings (SSSR count). The molecule has 0 aliphatic carbocycles. The van der Waals surface area contributed by atoms with Gasteiger partial charge in [0.2, 0.25) is 15.4 Å². The summed E-state index contributed by atoms with van der Waals surface area (Å²) < 4.78 is 28.2. The molecule has 7 nitrogen and oxygen atoms in total. The monoisotopic (exact) mass is 402 g/mol. The Morgan fingerprint density at radius 2 is 1.56 bits per heavy atom. The predicted molar refractivity (Wildman–Crippen MR) is 104 cm³/mol. The molecule has 27 heavy (non-hydrogen) atoms. The summed E-state index contributed by atoms with van der Waals surface area (Å²) in [5.74, 6) is -0.255. The van der Waals surface area contributed by atoms with Crippen LogP contribution in [0.3, 0.4) is 0 Å². The summed E-state index contributed by atoms with van der Waals surface area (Å²) in [5, 5.41) is 10.1. The van der Waals surface area contributed by atoms with Crippen molar-refractivity contribution in [2.45, 2.75) is 23.7 Å². The molecule has 0 radical (unpaired) electrons. The number of sulfonamides is 1. The van der Waals surface area contributed by atoms with Crippen LogP contribution < -0.4 is 10.0 Å². The van der Waals surface area contributed by atoms with Crippen LogP contribution in [0.1, 0.15) is 30.5 Å². The van der Waals surface area contributed by atoms with Crippen molar-refractivity contribution in [3.63, 3.8) is 0 Å². The fraction of sp³-hybridized carbons (Fsp3) is 0.167. The number of rotatable bonds is 7. The van der Waals surface area contributed by atoms with E-state index in [2.05, 4.69) is 20.2 Å². The first-order valence-corrected chi connectivity index (χ1v) is 10.5. The lowest BCUT2D eigenvalue weighted by Gasteiger charge is -2.18. The van der Waals surface area contributed by atoms with E-state index in [1.165, 1.54) is 0 Å². The SMILES string of the molecule is CCC(=O)Nc1nnc(S(=O)(=O)NC(c2ccccc2)c2ccccc2)s1. The highest BCUT2D eigenvalue weighted by Gasteiger charge is 2.26. The first-order valence-electron chi connectivity index (χ1n) is 8.25. The zero-order chi connectivity index (χ0) is 19.3. The van der Waals surface area contributed by atoms with Gasteiger partial charge in [0.1, 0.15) is 0 Å². The highest BCUT2D eigenvalue weighted by atomic mass is 32.2. The van der Waals surface area contributed by atoms with Crippen molar-refractivity contribution in [2.24, 2.45) is 0 Å². The van der Waals surface area contributed by atoms with Gasteiger partial charge in [-0.3, -0.25) is 4.79 Å². The summed E-state index contributed by atoms with van der Waals surface area (Å²) in [6.07, 6.45) is 0.268. The van der Waals surface area contributed by atoms with Gasteiger partial charge >= 0.3 is 0 Å². The fourth-order valence-electron chi connectivity index (χ4n) is 2.40. The number of nitrogens with one attached hydrogen (secondary N) is 2. The molecule has 1 amide bonds. The first kappa shape index (κ1) is 19.2. The predicted octanol–water partition coefficient (Wildman–Crippen LogP) is 2.95. The molecule has 2 aromatic carbocycles. The molecule has 0 aliphatic rings. The number of nitrogens with zero attached hydrogens (tertiary/aromatic N) is 2. The van der Waals surface area contributed by atoms with Gasteiger partial charge in [0.05, 0.1) is 6.04 Å². The zero-order valence-electron chi connectivity index (χ0n) is 14.5. The van der Waals surface area contributed by atoms with E-state index >= 15 is 0 Å². The third-order valence-corrected chi connectivity index (χ3v) is 6.37. The van der Waals surface area contributed by atoms with Gasteiger partial charge in [0.25, 0.3) is 10.0 Å². The molecule has 0 aliphatic heterocycles. The second-order valence-corrected chi connectivity index (χ2v) is 8.52. The Bertz CT molecular complexity index is 966. The number of benzene rings is 2. The smallest absolute Gasteiger partial charge is 0.270 e. The summed E-state index contributed by atoms with van der Waals surface area (Å²) in [6, 6.07) is 18.0. The number of hydrogen-bond donors (Lipinski definition) is 2. The molecular weight excluding hydrogens is 384 g/mol. The second kappa shape index (κ2) is 8.38. The van der Waals surface area contributed by atoms with Crippen molar-refractivity contribution in [3.8, 4) is 0 Å². The highest BCUT2D eigenvalue weighted by molar-refractivity contribution is 7.91. The van der Waals surface area contributed by atoms with Gasteiger partial charge in [0.15, 0.2) is 0 Å². The van der Waals surface area contributed by atoms with E-state index in [1.807, 2.05) is 60.7 Å². The normalized spacial score (nSPS) is 11.5. The second-order valence-electron chi connectivity index (χ2n) is 5.65. The zero-order valence-corrected chi connectivity index (χ0v) is 16.1. The lowest BCUT2D eigenvalue weighted by Crippen LogP contribution is -2.29. The molecule has 0 spiro atoms. The maximum absolute atomic E-state index is 12.8. The number of amides is 1. The van der Waals surface area contributed by atoms with Gasteiger partial charge < -0.3 is 5.32 Å². The van der Waals surface area contributed by atoms with Crippen molar-refractivity contribution in [1.82, 2.24) is 14.9 Å². The van der Waals surface area contributed by atoms with Crippen LogP contribution in [-0.2, 0) is 14.8 Å². The van der Waals surface area contributed by atoms with Gasteiger partial charge in [-0.15, -0.1) is 10.2 Å². The van der Waals surface area contributed by atoms with E-state index in [0.29, 0.717) is 0 Å². The summed E-state index contributed by atoms with van der Waals surface area (Å²) in [5.41, 5.74) is 1.60. The van der Waals surface area contributed by atoms with Crippen LogP contribution in [0.2, 0.25) is 0 Å². The minimum absolute atomic E-state index is 0.151. The van der Waals surface area contributed by atoms with Crippen molar-refractivity contribution in [2.75, 3.05) is 5.32 Å². The lowest BCUT2D eigenvalue weighted by atomic mass is 10.00. The molecule has 0 fully saturated rings. The number of anilines is 1. The van der Waals surface area contributed by atoms with Crippen molar-refractivity contribution in [3.05, 3.63) is 71.8 Å². The lowest BCUT2D eigenvalue weighted by molar-refractivity contribution is -0.115. The molecule has 9 heteroatoms. The Balaban J connectivity index is 1.90. The molecule has 0 saturated heterocycles. The quantitative estimate of drug-likeness (QED) is 0.592. The van der Waals surface area contributed by atoms with Crippen molar-refractivity contribution < 1.29 is 13.2 Å². The number of hydrogen-bond acceptors (Lipinski definition) is 6. The summed E-state index contributed by atoms with van der Waals surface area (Å²) in [4.78, 5) is 11.5. The van der Waals surface area contributed by atoms with Gasteiger partial charge in [0, 0.05) is 6.42 Å². The third kappa shape index (κ3) is 4.76. The third-order valence-electron chi connectivity index (χ3n) is 3.74. The summed E-state index contributed by atoms with van der Waals surface area (Å²) in [7, 11) is -3.93. The van der Waals surface area contributed by atoms with Crippen LogP contribution in [0.5, 0.6) is 0 Å². The molecule has 0 saturated carbocycles. The van der Waals surface area contributed by atoms with Crippen LogP contribution in [0.15, 0.2) is 65.0 Å². The van der Waals surface area contributed by atoms with E-state index in [4.69, 9.17) is 0 Å². The van der Waals surface area contributed by atoms with E-state index in [-0.39, 0.29) is 21.8 Å². The Morgan fingerprint density at radius 3 is 2.07 bits per heavy atom. The Morgan fingerprint density at radius 1 is 1.00 bits per heavy atom. The molecule has 1 heterocycles. The molecule has 0 atom stereocenters. The van der Waals surface area contributed by atoms with Crippen molar-refractivity contribution in [1.29, 1.82) is 0 Å². The topological polar surface area (TPSA) is 101 Å². The van der Waals surface area contributed by atoms with Gasteiger partial charge in [-0.2, -0.15) is 4.72 Å². The summed E-state index contributed by atoms with van der Waals surface area (Å²) >= 11 is 0.811. The minimum Gasteiger partial charge on any atom is -0.301 e. The number of carbonyl (C=O) groups excluding carboxylic acids is 1. The van der Waals surface area contributed by atoms with Crippen LogP contribution >= 0.6 is 11.3 Å². The van der Waals surface area contributed by atoms with Crippen LogP contribution in [0.4, 0.5) is 5.13 Å². The number of aromatic nitrogens is 2. The molecule has 0 unspecified atom stereocenters. The van der Waals surface area contributed by atoms with Crippen LogP contribution in [0.25, 0.3) is 0 Å². The van der Waals surface area contributed by atoms with Gasteiger partial charge in [-0.25, -0.2) is 8.42 Å². The van der Waals surface area contributed by atoms with E-state index < -0.39 is 16.1 Å². The van der Waals surface area contributed by atoms with Crippen LogP contribution in [0, 0.1) is 0 Å². The van der Waals surface area contributed by atoms with E-state index in [9.17, 15) is 13.2 Å². The maximum atomic E-state index is 12.8.